The Bertz CT molecular complexity index is 182. The first kappa shape index (κ1) is 12.7. The number of hydrogen-bond donors (Lipinski definition) is 1. The standard InChI is InChI=1S/C10H18N2O2.ClH/c13-10(9-1-7-14-8-2-9)12-5-3-11-4-6-12;/h9,11H,1-8H2;1H. The number of piperazine rings is 1. The van der Waals surface area contributed by atoms with Gasteiger partial charge in [-0.2, -0.15) is 0 Å². The van der Waals surface area contributed by atoms with Crippen molar-refractivity contribution in [2.45, 2.75) is 12.8 Å². The molecule has 0 aromatic carbocycles. The molecule has 1 N–H and O–H groups in total. The summed E-state index contributed by atoms with van der Waals surface area (Å²) >= 11 is 0. The highest BCUT2D eigenvalue weighted by atomic mass is 35.5. The summed E-state index contributed by atoms with van der Waals surface area (Å²) in [5.41, 5.74) is 0. The van der Waals surface area contributed by atoms with Crippen LogP contribution in [0.5, 0.6) is 0 Å². The van der Waals surface area contributed by atoms with Crippen molar-refractivity contribution in [1.29, 1.82) is 0 Å². The molecule has 2 heterocycles. The second kappa shape index (κ2) is 6.30. The van der Waals surface area contributed by atoms with Gasteiger partial charge < -0.3 is 15.0 Å². The van der Waals surface area contributed by atoms with Crippen molar-refractivity contribution in [3.8, 4) is 0 Å². The fraction of sp³-hybridized carbons (Fsp3) is 0.900. The van der Waals surface area contributed by atoms with E-state index in [-0.39, 0.29) is 18.3 Å². The fourth-order valence-corrected chi connectivity index (χ4v) is 2.09. The number of nitrogens with zero attached hydrogens (tertiary/aromatic N) is 1. The van der Waals surface area contributed by atoms with Crippen LogP contribution in [-0.4, -0.2) is 50.2 Å². The summed E-state index contributed by atoms with van der Waals surface area (Å²) in [5, 5.41) is 3.25. The molecule has 0 spiro atoms. The highest BCUT2D eigenvalue weighted by Crippen LogP contribution is 2.17. The lowest BCUT2D eigenvalue weighted by atomic mass is 9.98. The van der Waals surface area contributed by atoms with Crippen molar-refractivity contribution in [1.82, 2.24) is 10.2 Å². The van der Waals surface area contributed by atoms with Gasteiger partial charge in [0.25, 0.3) is 0 Å². The molecular formula is C10H19ClN2O2. The highest BCUT2D eigenvalue weighted by molar-refractivity contribution is 5.85. The van der Waals surface area contributed by atoms with Gasteiger partial charge in [0.05, 0.1) is 0 Å². The first-order chi connectivity index (χ1) is 6.88. The molecule has 88 valence electrons. The van der Waals surface area contributed by atoms with E-state index in [0.717, 1.165) is 52.2 Å². The van der Waals surface area contributed by atoms with Crippen LogP contribution in [0.25, 0.3) is 0 Å². The molecule has 15 heavy (non-hydrogen) atoms. The Morgan fingerprint density at radius 2 is 1.80 bits per heavy atom. The van der Waals surface area contributed by atoms with Gasteiger partial charge in [0.1, 0.15) is 0 Å². The molecule has 0 saturated carbocycles. The van der Waals surface area contributed by atoms with E-state index >= 15 is 0 Å². The van der Waals surface area contributed by atoms with Crippen molar-refractivity contribution in [3.05, 3.63) is 0 Å². The molecule has 0 aromatic heterocycles. The monoisotopic (exact) mass is 234 g/mol. The third kappa shape index (κ3) is 3.33. The van der Waals surface area contributed by atoms with Crippen LogP contribution >= 0.6 is 12.4 Å². The molecular weight excluding hydrogens is 216 g/mol. The van der Waals surface area contributed by atoms with Crippen LogP contribution in [0, 0.1) is 5.92 Å². The van der Waals surface area contributed by atoms with Crippen LogP contribution in [0.1, 0.15) is 12.8 Å². The summed E-state index contributed by atoms with van der Waals surface area (Å²) in [5.74, 6) is 0.566. The molecule has 0 radical (unpaired) electrons. The van der Waals surface area contributed by atoms with Crippen molar-refractivity contribution >= 4 is 18.3 Å². The number of carbonyl (C=O) groups excluding carboxylic acids is 1. The highest BCUT2D eigenvalue weighted by Gasteiger charge is 2.26. The Hall–Kier alpha value is -0.320. The number of rotatable bonds is 1. The summed E-state index contributed by atoms with van der Waals surface area (Å²) in [4.78, 5) is 14.0. The molecule has 2 aliphatic rings. The Morgan fingerprint density at radius 3 is 2.40 bits per heavy atom. The topological polar surface area (TPSA) is 41.6 Å². The molecule has 2 fully saturated rings. The van der Waals surface area contributed by atoms with E-state index in [2.05, 4.69) is 5.32 Å². The summed E-state index contributed by atoms with van der Waals surface area (Å²) in [6.07, 6.45) is 1.81. The van der Waals surface area contributed by atoms with Gasteiger partial charge in [0, 0.05) is 45.3 Å². The smallest absolute Gasteiger partial charge is 0.225 e. The summed E-state index contributed by atoms with van der Waals surface area (Å²) < 4.78 is 5.25. The van der Waals surface area contributed by atoms with E-state index in [1.54, 1.807) is 0 Å². The third-order valence-corrected chi connectivity index (χ3v) is 3.00. The zero-order valence-corrected chi connectivity index (χ0v) is 9.72. The minimum absolute atomic E-state index is 0. The maximum Gasteiger partial charge on any atom is 0.225 e. The summed E-state index contributed by atoms with van der Waals surface area (Å²) in [7, 11) is 0. The molecule has 5 heteroatoms. The normalized spacial score (nSPS) is 23.3. The van der Waals surface area contributed by atoms with Crippen LogP contribution < -0.4 is 5.32 Å². The lowest BCUT2D eigenvalue weighted by Gasteiger charge is -2.32. The second-order valence-corrected chi connectivity index (χ2v) is 3.96. The van der Waals surface area contributed by atoms with E-state index in [4.69, 9.17) is 4.74 Å². The minimum Gasteiger partial charge on any atom is -0.381 e. The zero-order valence-electron chi connectivity index (χ0n) is 8.91. The molecule has 1 amide bonds. The predicted molar refractivity (Wildman–Crippen MR) is 60.2 cm³/mol. The maximum atomic E-state index is 12.0. The molecule has 0 aromatic rings. The quantitative estimate of drug-likeness (QED) is 0.708. The van der Waals surface area contributed by atoms with Crippen molar-refractivity contribution in [2.24, 2.45) is 5.92 Å². The van der Waals surface area contributed by atoms with E-state index in [1.807, 2.05) is 4.90 Å². The Labute approximate surface area is 96.7 Å². The molecule has 2 aliphatic heterocycles. The maximum absolute atomic E-state index is 12.0. The number of ether oxygens (including phenoxy) is 1. The van der Waals surface area contributed by atoms with Gasteiger partial charge in [-0.05, 0) is 12.8 Å². The average molecular weight is 235 g/mol. The number of nitrogens with one attached hydrogen (secondary N) is 1. The Balaban J connectivity index is 0.00000112. The third-order valence-electron chi connectivity index (χ3n) is 3.00. The van der Waals surface area contributed by atoms with Crippen molar-refractivity contribution < 1.29 is 9.53 Å². The van der Waals surface area contributed by atoms with E-state index in [9.17, 15) is 4.79 Å². The molecule has 0 unspecified atom stereocenters. The fourth-order valence-electron chi connectivity index (χ4n) is 2.09. The first-order valence-corrected chi connectivity index (χ1v) is 5.45. The van der Waals surface area contributed by atoms with E-state index in [0.29, 0.717) is 5.91 Å². The zero-order chi connectivity index (χ0) is 9.80. The van der Waals surface area contributed by atoms with Crippen LogP contribution in [0.2, 0.25) is 0 Å². The summed E-state index contributed by atoms with van der Waals surface area (Å²) in [6.45, 7) is 5.13. The van der Waals surface area contributed by atoms with E-state index < -0.39 is 0 Å². The van der Waals surface area contributed by atoms with Crippen LogP contribution in [0.15, 0.2) is 0 Å². The first-order valence-electron chi connectivity index (χ1n) is 5.45. The lowest BCUT2D eigenvalue weighted by molar-refractivity contribution is -0.139. The van der Waals surface area contributed by atoms with Crippen molar-refractivity contribution in [2.75, 3.05) is 39.4 Å². The van der Waals surface area contributed by atoms with Crippen LogP contribution in [0.4, 0.5) is 0 Å². The Morgan fingerprint density at radius 1 is 1.20 bits per heavy atom. The van der Waals surface area contributed by atoms with Crippen LogP contribution in [-0.2, 0) is 9.53 Å². The van der Waals surface area contributed by atoms with Crippen molar-refractivity contribution in [3.63, 3.8) is 0 Å². The lowest BCUT2D eigenvalue weighted by Crippen LogP contribution is -2.49. The summed E-state index contributed by atoms with van der Waals surface area (Å²) in [6, 6.07) is 0. The van der Waals surface area contributed by atoms with Gasteiger partial charge in [-0.1, -0.05) is 0 Å². The van der Waals surface area contributed by atoms with E-state index in [1.165, 1.54) is 0 Å². The molecule has 0 bridgehead atoms. The van der Waals surface area contributed by atoms with Gasteiger partial charge in [0.15, 0.2) is 0 Å². The second-order valence-electron chi connectivity index (χ2n) is 3.96. The molecule has 0 atom stereocenters. The molecule has 2 rings (SSSR count). The number of hydrogen-bond acceptors (Lipinski definition) is 3. The number of carbonyl (C=O) groups is 1. The SMILES string of the molecule is Cl.O=C(C1CCOCC1)N1CCNCC1. The Kier molecular flexibility index (Phi) is 5.36. The van der Waals surface area contributed by atoms with Gasteiger partial charge in [-0.25, -0.2) is 0 Å². The molecule has 0 aliphatic carbocycles. The number of amides is 1. The van der Waals surface area contributed by atoms with Gasteiger partial charge in [0.2, 0.25) is 5.91 Å². The van der Waals surface area contributed by atoms with Gasteiger partial charge in [-0.3, -0.25) is 4.79 Å². The molecule has 4 nitrogen and oxygen atoms in total. The van der Waals surface area contributed by atoms with Crippen LogP contribution in [0.3, 0.4) is 0 Å². The predicted octanol–water partition coefficient (Wildman–Crippen LogP) is 0.267. The average Bonchev–Trinajstić information content (AvgIpc) is 2.30. The molecule has 2 saturated heterocycles. The van der Waals surface area contributed by atoms with Gasteiger partial charge >= 0.3 is 0 Å². The minimum atomic E-state index is 0. The van der Waals surface area contributed by atoms with Gasteiger partial charge in [-0.15, -0.1) is 12.4 Å². The number of halogens is 1. The largest absolute Gasteiger partial charge is 0.381 e.